The molecule has 0 N–H and O–H groups in total. The highest BCUT2D eigenvalue weighted by atomic mass is 19.4. The van der Waals surface area contributed by atoms with Crippen molar-refractivity contribution in [2.24, 2.45) is 0 Å². The van der Waals surface area contributed by atoms with E-state index in [2.05, 4.69) is 21.9 Å². The summed E-state index contributed by atoms with van der Waals surface area (Å²) in [6.45, 7) is 1.96. The first-order valence-electron chi connectivity index (χ1n) is 11.0. The van der Waals surface area contributed by atoms with Crippen LogP contribution in [0.15, 0.2) is 30.5 Å². The summed E-state index contributed by atoms with van der Waals surface area (Å²) >= 11 is 0. The number of hydrogen-bond donors (Lipinski definition) is 0. The van der Waals surface area contributed by atoms with Crippen LogP contribution in [0.3, 0.4) is 0 Å². The molecule has 1 atom stereocenters. The second-order valence-corrected chi connectivity index (χ2v) is 8.15. The number of unbranched alkanes of at least 4 members (excludes halogenated alkanes) is 1. The van der Waals surface area contributed by atoms with Crippen molar-refractivity contribution in [3.05, 3.63) is 53.0 Å². The number of nitrogens with zero attached hydrogens (tertiary/aromatic N) is 2. The number of fused-ring (bicyclic) bond motifs is 1. The Morgan fingerprint density at radius 1 is 1.13 bits per heavy atom. The Labute approximate surface area is 181 Å². The van der Waals surface area contributed by atoms with Crippen molar-refractivity contribution in [2.75, 3.05) is 0 Å². The summed E-state index contributed by atoms with van der Waals surface area (Å²) in [6, 6.07) is 7.06. The number of hydrogen-bond acceptors (Lipinski definition) is 4. The van der Waals surface area contributed by atoms with E-state index in [9.17, 15) is 18.0 Å². The molecule has 2 aromatic heterocycles. The van der Waals surface area contributed by atoms with Crippen molar-refractivity contribution >= 4 is 5.78 Å². The maximum Gasteiger partial charge on any atom is 0.574 e. The lowest BCUT2D eigenvalue weighted by molar-refractivity contribution is -0.276. The van der Waals surface area contributed by atoms with Gasteiger partial charge in [0.1, 0.15) is 5.78 Å². The number of ether oxygens (including phenoxy) is 1. The molecule has 0 bridgehead atoms. The molecule has 3 rings (SSSR count). The number of ketones is 1. The number of carbonyl (C=O) groups excluding carboxylic acids is 1. The Morgan fingerprint density at radius 3 is 2.65 bits per heavy atom. The van der Waals surface area contributed by atoms with Gasteiger partial charge in [0, 0.05) is 36.5 Å². The second-order valence-electron chi connectivity index (χ2n) is 8.15. The molecule has 4 nitrogen and oxygen atoms in total. The molecule has 0 fully saturated rings. The van der Waals surface area contributed by atoms with Crippen molar-refractivity contribution in [2.45, 2.75) is 83.4 Å². The number of rotatable bonds is 10. The van der Waals surface area contributed by atoms with Gasteiger partial charge < -0.3 is 4.74 Å². The number of Topliss-reactive ketones (excluding diaryl/α,β-unsaturated/α-hetero) is 1. The van der Waals surface area contributed by atoms with Gasteiger partial charge in [-0.15, -0.1) is 13.2 Å². The zero-order chi connectivity index (χ0) is 22.3. The standard InChI is InChI=1S/C24H29F3N2O2/c1-2-17(19-12-14-23(28-16-19)31-24(25,26)27)15-21(30)9-5-4-8-20-13-11-18-7-3-6-10-22(18)29-20/h11-14,16-17H,2-10,15H2,1H3/t17-/m1/s1. The van der Waals surface area contributed by atoms with E-state index in [1.54, 1.807) is 6.07 Å². The summed E-state index contributed by atoms with van der Waals surface area (Å²) in [5.74, 6) is -0.378. The minimum Gasteiger partial charge on any atom is -0.388 e. The van der Waals surface area contributed by atoms with Crippen LogP contribution in [0.1, 0.15) is 80.3 Å². The highest BCUT2D eigenvalue weighted by molar-refractivity contribution is 5.79. The van der Waals surface area contributed by atoms with Gasteiger partial charge >= 0.3 is 6.36 Å². The maximum absolute atomic E-state index is 12.4. The molecule has 1 aliphatic rings. The molecule has 168 valence electrons. The lowest BCUT2D eigenvalue weighted by Crippen LogP contribution is -2.18. The van der Waals surface area contributed by atoms with Crippen LogP contribution < -0.4 is 4.74 Å². The molecule has 0 aliphatic heterocycles. The molecule has 0 spiro atoms. The van der Waals surface area contributed by atoms with E-state index in [0.29, 0.717) is 19.3 Å². The number of aryl methyl sites for hydroxylation is 3. The first-order valence-corrected chi connectivity index (χ1v) is 11.0. The van der Waals surface area contributed by atoms with Crippen LogP contribution in [0, 0.1) is 0 Å². The van der Waals surface area contributed by atoms with Crippen molar-refractivity contribution in [3.63, 3.8) is 0 Å². The number of alkyl halides is 3. The Bertz CT molecular complexity index is 866. The molecule has 0 saturated carbocycles. The van der Waals surface area contributed by atoms with E-state index in [4.69, 9.17) is 4.98 Å². The summed E-state index contributed by atoms with van der Waals surface area (Å²) in [5, 5.41) is 0. The number of aromatic nitrogens is 2. The Hall–Kier alpha value is -2.44. The van der Waals surface area contributed by atoms with Crippen LogP contribution in [0.4, 0.5) is 13.2 Å². The number of halogens is 3. The quantitative estimate of drug-likeness (QED) is 0.423. The van der Waals surface area contributed by atoms with Gasteiger partial charge in [0.15, 0.2) is 0 Å². The predicted molar refractivity (Wildman–Crippen MR) is 112 cm³/mol. The zero-order valence-electron chi connectivity index (χ0n) is 17.9. The first-order chi connectivity index (χ1) is 14.8. The number of pyridine rings is 2. The molecule has 31 heavy (non-hydrogen) atoms. The van der Waals surface area contributed by atoms with Crippen LogP contribution >= 0.6 is 0 Å². The summed E-state index contributed by atoms with van der Waals surface area (Å²) in [4.78, 5) is 20.9. The van der Waals surface area contributed by atoms with Gasteiger partial charge in [-0.25, -0.2) is 4.98 Å². The zero-order valence-corrected chi connectivity index (χ0v) is 17.9. The molecular formula is C24H29F3N2O2. The smallest absolute Gasteiger partial charge is 0.388 e. The molecular weight excluding hydrogens is 405 g/mol. The fraction of sp³-hybridized carbons (Fsp3) is 0.542. The minimum atomic E-state index is -4.76. The van der Waals surface area contributed by atoms with Crippen molar-refractivity contribution < 1.29 is 22.7 Å². The van der Waals surface area contributed by atoms with Gasteiger partial charge in [-0.3, -0.25) is 9.78 Å². The fourth-order valence-corrected chi connectivity index (χ4v) is 4.08. The summed E-state index contributed by atoms with van der Waals surface area (Å²) in [6.07, 6.45) is 5.45. The fourth-order valence-electron chi connectivity index (χ4n) is 4.08. The Morgan fingerprint density at radius 2 is 1.94 bits per heavy atom. The lowest BCUT2D eigenvalue weighted by atomic mass is 9.91. The first kappa shape index (κ1) is 23.2. The summed E-state index contributed by atoms with van der Waals surface area (Å²) in [7, 11) is 0. The van der Waals surface area contributed by atoms with Crippen molar-refractivity contribution in [3.8, 4) is 5.88 Å². The van der Waals surface area contributed by atoms with Gasteiger partial charge in [-0.1, -0.05) is 19.1 Å². The highest BCUT2D eigenvalue weighted by Gasteiger charge is 2.31. The third kappa shape index (κ3) is 7.33. The van der Waals surface area contributed by atoms with E-state index in [1.807, 2.05) is 6.92 Å². The lowest BCUT2D eigenvalue weighted by Gasteiger charge is -2.16. The van der Waals surface area contributed by atoms with Gasteiger partial charge in [-0.05, 0) is 74.5 Å². The summed E-state index contributed by atoms with van der Waals surface area (Å²) < 4.78 is 40.6. The predicted octanol–water partition coefficient (Wildman–Crippen LogP) is 6.12. The Balaban J connectivity index is 1.43. The van der Waals surface area contributed by atoms with E-state index < -0.39 is 12.2 Å². The monoisotopic (exact) mass is 434 g/mol. The Kier molecular flexibility index (Phi) is 8.04. The van der Waals surface area contributed by atoms with Gasteiger partial charge in [0.2, 0.25) is 5.88 Å². The van der Waals surface area contributed by atoms with E-state index in [1.165, 1.54) is 36.4 Å². The molecule has 2 aromatic rings. The highest BCUT2D eigenvalue weighted by Crippen LogP contribution is 2.27. The van der Waals surface area contributed by atoms with Gasteiger partial charge in [-0.2, -0.15) is 0 Å². The topological polar surface area (TPSA) is 52.1 Å². The third-order valence-corrected chi connectivity index (χ3v) is 5.79. The van der Waals surface area contributed by atoms with Gasteiger partial charge in [0.25, 0.3) is 0 Å². The van der Waals surface area contributed by atoms with Crippen molar-refractivity contribution in [1.29, 1.82) is 0 Å². The average Bonchev–Trinajstić information content (AvgIpc) is 2.74. The van der Waals surface area contributed by atoms with Crippen LogP contribution in [0.5, 0.6) is 5.88 Å². The third-order valence-electron chi connectivity index (χ3n) is 5.79. The largest absolute Gasteiger partial charge is 0.574 e. The van der Waals surface area contributed by atoms with Crippen LogP contribution in [-0.2, 0) is 24.1 Å². The molecule has 0 radical (unpaired) electrons. The molecule has 0 saturated heterocycles. The van der Waals surface area contributed by atoms with E-state index in [-0.39, 0.29) is 11.7 Å². The van der Waals surface area contributed by atoms with Gasteiger partial charge in [0.05, 0.1) is 0 Å². The molecule has 0 aromatic carbocycles. The molecule has 0 amide bonds. The van der Waals surface area contributed by atoms with Crippen LogP contribution in [0.2, 0.25) is 0 Å². The second kappa shape index (κ2) is 10.7. The molecule has 2 heterocycles. The van der Waals surface area contributed by atoms with Crippen LogP contribution in [0.25, 0.3) is 0 Å². The molecule has 0 unspecified atom stereocenters. The van der Waals surface area contributed by atoms with Crippen LogP contribution in [-0.4, -0.2) is 22.1 Å². The molecule has 1 aliphatic carbocycles. The van der Waals surface area contributed by atoms with E-state index >= 15 is 0 Å². The normalized spacial score (nSPS) is 14.7. The average molecular weight is 435 g/mol. The van der Waals surface area contributed by atoms with E-state index in [0.717, 1.165) is 43.4 Å². The maximum atomic E-state index is 12.4. The molecule has 7 heteroatoms. The SMILES string of the molecule is CC[C@H](CC(=O)CCCCc1ccc2c(n1)CCCC2)c1ccc(OC(F)(F)F)nc1. The number of carbonyl (C=O) groups is 1. The minimum absolute atomic E-state index is 0.0535. The summed E-state index contributed by atoms with van der Waals surface area (Å²) in [5.41, 5.74) is 4.48. The van der Waals surface area contributed by atoms with Crippen molar-refractivity contribution in [1.82, 2.24) is 9.97 Å².